The van der Waals surface area contributed by atoms with Crippen molar-refractivity contribution in [3.8, 4) is 11.7 Å². The highest BCUT2D eigenvalue weighted by molar-refractivity contribution is 5.26. The summed E-state index contributed by atoms with van der Waals surface area (Å²) in [5.74, 6) is 2.37. The maximum absolute atomic E-state index is 10.3. The zero-order valence-corrected chi connectivity index (χ0v) is 14.3. The van der Waals surface area contributed by atoms with Gasteiger partial charge in [0.1, 0.15) is 11.5 Å². The largest absolute Gasteiger partial charge is 0.429 e. The van der Waals surface area contributed by atoms with Gasteiger partial charge in [0.15, 0.2) is 0 Å². The van der Waals surface area contributed by atoms with Crippen LogP contribution in [0.25, 0.3) is 0 Å². The average Bonchev–Trinajstić information content (AvgIpc) is 3.26. The predicted octanol–water partition coefficient (Wildman–Crippen LogP) is 3.43. The lowest BCUT2D eigenvalue weighted by Gasteiger charge is -2.36. The van der Waals surface area contributed by atoms with Crippen molar-refractivity contribution in [2.24, 2.45) is 5.92 Å². The van der Waals surface area contributed by atoms with Crippen molar-refractivity contribution in [2.75, 3.05) is 19.8 Å². The van der Waals surface area contributed by atoms with E-state index >= 15 is 0 Å². The standard InChI is InChI=1S/C20H25NO4/c22-19-10-12-23-14-17(19)18-7-4-11-21(18)13-16-8-9-20(25-16)24-15-5-2-1-3-6-15/h1-3,5-6,8-9,17-19,22H,4,7,10-14H2/t17-,18-,19-/m1/s1. The van der Waals surface area contributed by atoms with Crippen LogP contribution in [-0.4, -0.2) is 41.9 Å². The molecule has 5 heteroatoms. The quantitative estimate of drug-likeness (QED) is 0.901. The number of nitrogens with zero attached hydrogens (tertiary/aromatic N) is 1. The number of hydrogen-bond acceptors (Lipinski definition) is 5. The van der Waals surface area contributed by atoms with Crippen LogP contribution in [0.4, 0.5) is 0 Å². The Balaban J connectivity index is 1.39. The maximum Gasteiger partial charge on any atom is 0.290 e. The maximum atomic E-state index is 10.3. The van der Waals surface area contributed by atoms with Crippen LogP contribution in [0.5, 0.6) is 11.7 Å². The van der Waals surface area contributed by atoms with Gasteiger partial charge in [0, 0.05) is 24.6 Å². The molecule has 2 fully saturated rings. The molecule has 0 saturated carbocycles. The molecule has 5 nitrogen and oxygen atoms in total. The van der Waals surface area contributed by atoms with E-state index in [4.69, 9.17) is 13.9 Å². The van der Waals surface area contributed by atoms with E-state index in [0.29, 0.717) is 25.2 Å². The van der Waals surface area contributed by atoms with Gasteiger partial charge in [-0.05, 0) is 44.0 Å². The van der Waals surface area contributed by atoms with Crippen LogP contribution in [0.15, 0.2) is 46.9 Å². The molecule has 2 aliphatic rings. The third-order valence-electron chi connectivity index (χ3n) is 5.23. The zero-order chi connectivity index (χ0) is 17.1. The van der Waals surface area contributed by atoms with Crippen molar-refractivity contribution in [1.82, 2.24) is 4.90 Å². The topological polar surface area (TPSA) is 55.1 Å². The Bertz CT molecular complexity index is 671. The molecular weight excluding hydrogens is 318 g/mol. The minimum atomic E-state index is -0.257. The van der Waals surface area contributed by atoms with E-state index < -0.39 is 0 Å². The van der Waals surface area contributed by atoms with E-state index in [0.717, 1.165) is 43.9 Å². The van der Waals surface area contributed by atoms with Crippen molar-refractivity contribution >= 4 is 0 Å². The molecule has 2 aliphatic heterocycles. The lowest BCUT2D eigenvalue weighted by atomic mass is 9.89. The summed E-state index contributed by atoms with van der Waals surface area (Å²) in [5, 5.41) is 10.3. The van der Waals surface area contributed by atoms with Crippen LogP contribution in [0.1, 0.15) is 25.0 Å². The van der Waals surface area contributed by atoms with Gasteiger partial charge in [-0.25, -0.2) is 0 Å². The predicted molar refractivity (Wildman–Crippen MR) is 93.6 cm³/mol. The van der Waals surface area contributed by atoms with Crippen molar-refractivity contribution in [3.63, 3.8) is 0 Å². The summed E-state index contributed by atoms with van der Waals surface area (Å²) in [5.41, 5.74) is 0. The molecule has 4 rings (SSSR count). The van der Waals surface area contributed by atoms with Gasteiger partial charge in [-0.15, -0.1) is 0 Å². The Labute approximate surface area is 148 Å². The molecule has 0 bridgehead atoms. The third kappa shape index (κ3) is 3.89. The van der Waals surface area contributed by atoms with E-state index in [1.54, 1.807) is 0 Å². The molecule has 1 aromatic heterocycles. The minimum Gasteiger partial charge on any atom is -0.429 e. The third-order valence-corrected chi connectivity index (χ3v) is 5.23. The van der Waals surface area contributed by atoms with Crippen LogP contribution in [0, 0.1) is 5.92 Å². The molecule has 0 amide bonds. The molecule has 0 aliphatic carbocycles. The van der Waals surface area contributed by atoms with Crippen LogP contribution in [-0.2, 0) is 11.3 Å². The van der Waals surface area contributed by atoms with Gasteiger partial charge in [0.25, 0.3) is 5.95 Å². The van der Waals surface area contributed by atoms with Gasteiger partial charge in [-0.1, -0.05) is 18.2 Å². The van der Waals surface area contributed by atoms with Crippen LogP contribution in [0.3, 0.4) is 0 Å². The Morgan fingerprint density at radius 2 is 2.00 bits per heavy atom. The number of benzene rings is 1. The first-order valence-electron chi connectivity index (χ1n) is 9.11. The van der Waals surface area contributed by atoms with E-state index in [2.05, 4.69) is 4.90 Å². The highest BCUT2D eigenvalue weighted by atomic mass is 16.6. The van der Waals surface area contributed by atoms with Crippen LogP contribution >= 0.6 is 0 Å². The first-order chi connectivity index (χ1) is 12.3. The summed E-state index contributed by atoms with van der Waals surface area (Å²) in [4.78, 5) is 2.41. The van der Waals surface area contributed by atoms with Gasteiger partial charge in [-0.2, -0.15) is 0 Å². The zero-order valence-electron chi connectivity index (χ0n) is 14.3. The fourth-order valence-corrected chi connectivity index (χ4v) is 3.95. The minimum absolute atomic E-state index is 0.200. The highest BCUT2D eigenvalue weighted by Gasteiger charge is 2.37. The molecular formula is C20H25NO4. The molecule has 3 atom stereocenters. The monoisotopic (exact) mass is 343 g/mol. The lowest BCUT2D eigenvalue weighted by Crippen LogP contribution is -2.45. The number of para-hydroxylation sites is 1. The lowest BCUT2D eigenvalue weighted by molar-refractivity contribution is -0.0642. The molecule has 3 heterocycles. The molecule has 0 unspecified atom stereocenters. The Morgan fingerprint density at radius 3 is 2.84 bits per heavy atom. The number of ether oxygens (including phenoxy) is 2. The van der Waals surface area contributed by atoms with Crippen molar-refractivity contribution in [2.45, 2.75) is 38.0 Å². The molecule has 2 saturated heterocycles. The number of rotatable bonds is 5. The summed E-state index contributed by atoms with van der Waals surface area (Å²) in [6.45, 7) is 3.10. The number of likely N-dealkylation sites (tertiary alicyclic amines) is 1. The number of aliphatic hydroxyl groups excluding tert-OH is 1. The molecule has 25 heavy (non-hydrogen) atoms. The molecule has 0 spiro atoms. The Hall–Kier alpha value is -1.82. The van der Waals surface area contributed by atoms with Gasteiger partial charge < -0.3 is 19.0 Å². The van der Waals surface area contributed by atoms with Gasteiger partial charge >= 0.3 is 0 Å². The molecule has 134 valence electrons. The van der Waals surface area contributed by atoms with Crippen LogP contribution < -0.4 is 4.74 Å². The van der Waals surface area contributed by atoms with Gasteiger partial charge in [-0.3, -0.25) is 4.90 Å². The highest BCUT2D eigenvalue weighted by Crippen LogP contribution is 2.32. The fourth-order valence-electron chi connectivity index (χ4n) is 3.95. The van der Waals surface area contributed by atoms with E-state index in [-0.39, 0.29) is 12.0 Å². The summed E-state index contributed by atoms with van der Waals surface area (Å²) in [6, 6.07) is 13.8. The molecule has 1 aromatic carbocycles. The molecule has 0 radical (unpaired) electrons. The van der Waals surface area contributed by atoms with Crippen LogP contribution in [0.2, 0.25) is 0 Å². The number of aliphatic hydroxyl groups is 1. The van der Waals surface area contributed by atoms with Crippen molar-refractivity contribution in [3.05, 3.63) is 48.2 Å². The normalized spacial score (nSPS) is 27.5. The molecule has 2 aromatic rings. The second-order valence-corrected chi connectivity index (χ2v) is 6.91. The summed E-state index contributed by atoms with van der Waals surface area (Å²) in [7, 11) is 0. The van der Waals surface area contributed by atoms with Crippen molar-refractivity contribution in [1.29, 1.82) is 0 Å². The number of hydrogen-bond donors (Lipinski definition) is 1. The first-order valence-corrected chi connectivity index (χ1v) is 9.11. The Morgan fingerprint density at radius 1 is 1.12 bits per heavy atom. The summed E-state index contributed by atoms with van der Waals surface area (Å²) >= 11 is 0. The van der Waals surface area contributed by atoms with Crippen molar-refractivity contribution < 1.29 is 19.0 Å². The second kappa shape index (κ2) is 7.60. The van der Waals surface area contributed by atoms with E-state index in [9.17, 15) is 5.11 Å². The molecule has 1 N–H and O–H groups in total. The summed E-state index contributed by atoms with van der Waals surface area (Å²) in [6.07, 6.45) is 2.75. The smallest absolute Gasteiger partial charge is 0.290 e. The van der Waals surface area contributed by atoms with E-state index in [1.165, 1.54) is 0 Å². The average molecular weight is 343 g/mol. The fraction of sp³-hybridized carbons (Fsp3) is 0.500. The first kappa shape index (κ1) is 16.6. The summed E-state index contributed by atoms with van der Waals surface area (Å²) < 4.78 is 17.2. The second-order valence-electron chi connectivity index (χ2n) is 6.91. The number of furan rings is 1. The SMILES string of the molecule is O[C@@H]1CCOC[C@@H]1[C@H]1CCCN1Cc1ccc(Oc2ccccc2)o1. The van der Waals surface area contributed by atoms with Gasteiger partial charge in [0.2, 0.25) is 0 Å². The van der Waals surface area contributed by atoms with E-state index in [1.807, 2.05) is 42.5 Å². The van der Waals surface area contributed by atoms with Gasteiger partial charge in [0.05, 0.1) is 19.3 Å². The Kier molecular flexibility index (Phi) is 5.06.